The van der Waals surface area contributed by atoms with Gasteiger partial charge in [-0.25, -0.2) is 0 Å². The normalized spacial score (nSPS) is 16.5. The number of carbonyl (C=O) groups excluding carboxylic acids is 2. The number of amides is 2. The van der Waals surface area contributed by atoms with E-state index in [4.69, 9.17) is 4.42 Å². The number of fused-ring (bicyclic) bond motifs is 1. The van der Waals surface area contributed by atoms with Crippen molar-refractivity contribution in [2.24, 2.45) is 0 Å². The molecule has 0 bridgehead atoms. The number of carbonyl (C=O) groups is 2. The van der Waals surface area contributed by atoms with Crippen molar-refractivity contribution in [2.45, 2.75) is 38.6 Å². The maximum absolute atomic E-state index is 12.3. The molecule has 1 aliphatic carbocycles. The van der Waals surface area contributed by atoms with Gasteiger partial charge >= 0.3 is 0 Å². The van der Waals surface area contributed by atoms with E-state index in [2.05, 4.69) is 10.6 Å². The summed E-state index contributed by atoms with van der Waals surface area (Å²) in [6.45, 7) is 1.47. The number of anilines is 1. The molecule has 2 aromatic rings. The van der Waals surface area contributed by atoms with Crippen LogP contribution in [0.2, 0.25) is 0 Å². The number of hydrogen-bond donors (Lipinski definition) is 2. The molecule has 0 radical (unpaired) electrons. The van der Waals surface area contributed by atoms with Crippen molar-refractivity contribution in [3.8, 4) is 0 Å². The number of hydrogen-bond acceptors (Lipinski definition) is 3. The molecule has 1 aromatic carbocycles. The first-order chi connectivity index (χ1) is 11.1. The second-order valence-electron chi connectivity index (χ2n) is 5.87. The second kappa shape index (κ2) is 6.69. The van der Waals surface area contributed by atoms with Gasteiger partial charge in [0, 0.05) is 24.6 Å². The van der Waals surface area contributed by atoms with Crippen molar-refractivity contribution in [1.82, 2.24) is 5.32 Å². The molecule has 0 saturated carbocycles. The molecule has 1 aliphatic rings. The monoisotopic (exact) mass is 312 g/mol. The highest BCUT2D eigenvalue weighted by molar-refractivity contribution is 5.88. The molecule has 2 N–H and O–H groups in total. The number of benzene rings is 1. The average Bonchev–Trinajstić information content (AvgIpc) is 2.98. The zero-order valence-corrected chi connectivity index (χ0v) is 13.1. The van der Waals surface area contributed by atoms with Crippen molar-refractivity contribution >= 4 is 17.5 Å². The summed E-state index contributed by atoms with van der Waals surface area (Å²) in [7, 11) is 0. The van der Waals surface area contributed by atoms with Crippen molar-refractivity contribution in [3.63, 3.8) is 0 Å². The van der Waals surface area contributed by atoms with Gasteiger partial charge in [0.15, 0.2) is 0 Å². The Labute approximate surface area is 135 Å². The molecular weight excluding hydrogens is 292 g/mol. The lowest BCUT2D eigenvalue weighted by Gasteiger charge is -2.22. The summed E-state index contributed by atoms with van der Waals surface area (Å²) in [6.07, 6.45) is 4.93. The third kappa shape index (κ3) is 3.80. The maximum atomic E-state index is 12.3. The minimum atomic E-state index is -0.108. The Balaban J connectivity index is 1.59. The zero-order valence-electron chi connectivity index (χ0n) is 13.1. The van der Waals surface area contributed by atoms with Gasteiger partial charge in [-0.1, -0.05) is 12.1 Å². The fourth-order valence-electron chi connectivity index (χ4n) is 2.98. The Bertz CT molecular complexity index is 703. The average molecular weight is 312 g/mol. The zero-order chi connectivity index (χ0) is 16.2. The maximum Gasteiger partial charge on any atom is 0.224 e. The Kier molecular flexibility index (Phi) is 4.46. The number of aryl methyl sites for hydroxylation is 1. The highest BCUT2D eigenvalue weighted by atomic mass is 16.3. The number of nitrogens with one attached hydrogen (secondary N) is 2. The van der Waals surface area contributed by atoms with Gasteiger partial charge in [-0.3, -0.25) is 9.59 Å². The van der Waals surface area contributed by atoms with E-state index in [9.17, 15) is 9.59 Å². The summed E-state index contributed by atoms with van der Waals surface area (Å²) >= 11 is 0. The van der Waals surface area contributed by atoms with Crippen molar-refractivity contribution in [3.05, 3.63) is 53.5 Å². The fraction of sp³-hybridized carbons (Fsp3) is 0.333. The molecule has 1 heterocycles. The predicted octanol–water partition coefficient (Wildman–Crippen LogP) is 2.97. The van der Waals surface area contributed by atoms with Crippen LogP contribution < -0.4 is 10.6 Å². The van der Waals surface area contributed by atoms with E-state index in [0.717, 1.165) is 41.8 Å². The topological polar surface area (TPSA) is 71.3 Å². The Morgan fingerprint density at radius 3 is 2.74 bits per heavy atom. The fourth-order valence-corrected chi connectivity index (χ4v) is 2.98. The van der Waals surface area contributed by atoms with Gasteiger partial charge in [-0.15, -0.1) is 0 Å². The molecule has 0 spiro atoms. The van der Waals surface area contributed by atoms with Gasteiger partial charge in [0.05, 0.1) is 18.7 Å². The first-order valence-corrected chi connectivity index (χ1v) is 7.84. The van der Waals surface area contributed by atoms with Gasteiger partial charge in [-0.05, 0) is 36.6 Å². The molecule has 2 amide bonds. The van der Waals surface area contributed by atoms with Gasteiger partial charge in [0.25, 0.3) is 0 Å². The molecule has 120 valence electrons. The van der Waals surface area contributed by atoms with Crippen LogP contribution in [0.15, 0.2) is 41.0 Å². The summed E-state index contributed by atoms with van der Waals surface area (Å²) in [5.41, 5.74) is 2.75. The molecule has 1 aromatic heterocycles. The van der Waals surface area contributed by atoms with E-state index in [1.165, 1.54) is 6.92 Å². The standard InChI is InChI=1S/C18H20N2O3/c1-12(21)19-14-7-5-13(6-8-14)11-18(22)20-16-3-2-4-17-15(16)9-10-23-17/h5-10,16H,2-4,11H2,1H3,(H,19,21)(H,20,22). The van der Waals surface area contributed by atoms with Crippen LogP contribution in [0.1, 0.15) is 42.7 Å². The van der Waals surface area contributed by atoms with Crippen LogP contribution in [0.4, 0.5) is 5.69 Å². The van der Waals surface area contributed by atoms with Crippen molar-refractivity contribution in [2.75, 3.05) is 5.32 Å². The van der Waals surface area contributed by atoms with Crippen LogP contribution in [0.25, 0.3) is 0 Å². The minimum Gasteiger partial charge on any atom is -0.469 e. The van der Waals surface area contributed by atoms with E-state index in [-0.39, 0.29) is 17.9 Å². The van der Waals surface area contributed by atoms with E-state index < -0.39 is 0 Å². The lowest BCUT2D eigenvalue weighted by Crippen LogP contribution is -2.31. The number of rotatable bonds is 4. The molecule has 23 heavy (non-hydrogen) atoms. The molecule has 0 aliphatic heterocycles. The highest BCUT2D eigenvalue weighted by Crippen LogP contribution is 2.30. The Hall–Kier alpha value is -2.56. The lowest BCUT2D eigenvalue weighted by molar-refractivity contribution is -0.121. The molecule has 0 saturated heterocycles. The largest absolute Gasteiger partial charge is 0.469 e. The lowest BCUT2D eigenvalue weighted by atomic mass is 9.93. The molecule has 5 nitrogen and oxygen atoms in total. The molecule has 0 fully saturated rings. The summed E-state index contributed by atoms with van der Waals surface area (Å²) in [6, 6.07) is 9.31. The third-order valence-electron chi connectivity index (χ3n) is 4.03. The van der Waals surface area contributed by atoms with Crippen LogP contribution in [-0.2, 0) is 22.4 Å². The van der Waals surface area contributed by atoms with Crippen LogP contribution in [-0.4, -0.2) is 11.8 Å². The van der Waals surface area contributed by atoms with Gasteiger partial charge in [-0.2, -0.15) is 0 Å². The first-order valence-electron chi connectivity index (χ1n) is 7.84. The molecule has 1 unspecified atom stereocenters. The Morgan fingerprint density at radius 2 is 2.00 bits per heavy atom. The van der Waals surface area contributed by atoms with Crippen molar-refractivity contribution in [1.29, 1.82) is 0 Å². The van der Waals surface area contributed by atoms with Crippen LogP contribution >= 0.6 is 0 Å². The van der Waals surface area contributed by atoms with Gasteiger partial charge < -0.3 is 15.1 Å². The minimum absolute atomic E-state index is 0.00340. The summed E-state index contributed by atoms with van der Waals surface area (Å²) in [4.78, 5) is 23.3. The number of furan rings is 1. The van der Waals surface area contributed by atoms with Gasteiger partial charge in [0.1, 0.15) is 5.76 Å². The van der Waals surface area contributed by atoms with E-state index in [0.29, 0.717) is 6.42 Å². The molecule has 1 atom stereocenters. The van der Waals surface area contributed by atoms with Gasteiger partial charge in [0.2, 0.25) is 11.8 Å². The van der Waals surface area contributed by atoms with Crippen LogP contribution in [0.3, 0.4) is 0 Å². The smallest absolute Gasteiger partial charge is 0.224 e. The quantitative estimate of drug-likeness (QED) is 0.911. The summed E-state index contributed by atoms with van der Waals surface area (Å²) < 4.78 is 5.45. The summed E-state index contributed by atoms with van der Waals surface area (Å²) in [5.74, 6) is 0.876. The molecule has 5 heteroatoms. The first kappa shape index (κ1) is 15.3. The molecule has 3 rings (SSSR count). The van der Waals surface area contributed by atoms with Crippen LogP contribution in [0, 0.1) is 0 Å². The highest BCUT2D eigenvalue weighted by Gasteiger charge is 2.23. The van der Waals surface area contributed by atoms with Crippen molar-refractivity contribution < 1.29 is 14.0 Å². The third-order valence-corrected chi connectivity index (χ3v) is 4.03. The predicted molar refractivity (Wildman–Crippen MR) is 87.0 cm³/mol. The van der Waals surface area contributed by atoms with Crippen LogP contribution in [0.5, 0.6) is 0 Å². The Morgan fingerprint density at radius 1 is 1.22 bits per heavy atom. The SMILES string of the molecule is CC(=O)Nc1ccc(CC(=O)NC2CCCc3occc32)cc1. The second-order valence-corrected chi connectivity index (χ2v) is 5.87. The van der Waals surface area contributed by atoms with E-state index in [1.54, 1.807) is 18.4 Å². The molecular formula is C18H20N2O3. The van der Waals surface area contributed by atoms with E-state index >= 15 is 0 Å². The van der Waals surface area contributed by atoms with E-state index in [1.807, 2.05) is 18.2 Å². The summed E-state index contributed by atoms with van der Waals surface area (Å²) in [5, 5.41) is 5.80.